The van der Waals surface area contributed by atoms with Crippen LogP contribution in [0.5, 0.6) is 0 Å². The summed E-state index contributed by atoms with van der Waals surface area (Å²) in [5.74, 6) is 0.369. The molecule has 2 unspecified atom stereocenters. The van der Waals surface area contributed by atoms with Gasteiger partial charge >= 0.3 is 0 Å². The Hall–Kier alpha value is -1.59. The highest BCUT2D eigenvalue weighted by Crippen LogP contribution is 2.23. The van der Waals surface area contributed by atoms with Crippen LogP contribution in [0.3, 0.4) is 0 Å². The van der Waals surface area contributed by atoms with Crippen LogP contribution in [-0.4, -0.2) is 36.3 Å². The summed E-state index contributed by atoms with van der Waals surface area (Å²) in [6, 6.07) is 9.70. The average Bonchev–Trinajstić information content (AvgIpc) is 2.55. The first-order valence-corrected chi connectivity index (χ1v) is 8.37. The van der Waals surface area contributed by atoms with Gasteiger partial charge in [-0.25, -0.2) is 0 Å². The molecule has 1 fully saturated rings. The molecule has 1 aliphatic heterocycles. The van der Waals surface area contributed by atoms with Crippen molar-refractivity contribution >= 4 is 24.2 Å². The van der Waals surface area contributed by atoms with Crippen LogP contribution in [-0.2, 0) is 16.1 Å². The van der Waals surface area contributed by atoms with E-state index in [-0.39, 0.29) is 24.9 Å². The molecule has 0 radical (unpaired) electrons. The van der Waals surface area contributed by atoms with Gasteiger partial charge in [0.05, 0.1) is 6.54 Å². The third kappa shape index (κ3) is 6.49. The van der Waals surface area contributed by atoms with Gasteiger partial charge in [-0.1, -0.05) is 37.3 Å². The number of hydrogen-bond donors (Lipinski definition) is 2. The van der Waals surface area contributed by atoms with Crippen molar-refractivity contribution in [3.05, 3.63) is 35.9 Å². The quantitative estimate of drug-likeness (QED) is 0.786. The highest BCUT2D eigenvalue weighted by molar-refractivity contribution is 5.85. The van der Waals surface area contributed by atoms with E-state index in [0.29, 0.717) is 24.8 Å². The van der Waals surface area contributed by atoms with Crippen molar-refractivity contribution in [3.63, 3.8) is 0 Å². The molecule has 1 aromatic carbocycles. The van der Waals surface area contributed by atoms with Gasteiger partial charge in [0.15, 0.2) is 0 Å². The molecule has 24 heavy (non-hydrogen) atoms. The highest BCUT2D eigenvalue weighted by atomic mass is 35.5. The van der Waals surface area contributed by atoms with Gasteiger partial charge in [0.25, 0.3) is 0 Å². The monoisotopic (exact) mass is 353 g/mol. The van der Waals surface area contributed by atoms with Crippen LogP contribution in [0, 0.1) is 11.8 Å². The van der Waals surface area contributed by atoms with E-state index in [0.717, 1.165) is 31.5 Å². The topological polar surface area (TPSA) is 75.4 Å². The number of nitrogens with two attached hydrogens (primary N) is 1. The maximum atomic E-state index is 12.6. The second kappa shape index (κ2) is 10.3. The molecule has 0 aromatic heterocycles. The summed E-state index contributed by atoms with van der Waals surface area (Å²) in [6.45, 7) is 4.57. The third-order valence-electron chi connectivity index (χ3n) is 4.55. The first-order valence-electron chi connectivity index (χ1n) is 8.37. The van der Waals surface area contributed by atoms with Crippen LogP contribution in [0.1, 0.15) is 31.7 Å². The van der Waals surface area contributed by atoms with Crippen LogP contribution < -0.4 is 11.1 Å². The number of carbonyl (C=O) groups is 2. The number of benzene rings is 1. The fraction of sp³-hybridized carbons (Fsp3) is 0.556. The van der Waals surface area contributed by atoms with Gasteiger partial charge in [-0.2, -0.15) is 0 Å². The Kier molecular flexibility index (Phi) is 8.79. The number of amides is 2. The van der Waals surface area contributed by atoms with E-state index in [4.69, 9.17) is 5.73 Å². The Morgan fingerprint density at radius 3 is 2.62 bits per heavy atom. The molecule has 0 saturated carbocycles. The van der Waals surface area contributed by atoms with Crippen molar-refractivity contribution < 1.29 is 9.59 Å². The van der Waals surface area contributed by atoms with Crippen LogP contribution in [0.25, 0.3) is 0 Å². The Bertz CT molecular complexity index is 518. The summed E-state index contributed by atoms with van der Waals surface area (Å²) >= 11 is 0. The van der Waals surface area contributed by atoms with Crippen LogP contribution in [0.4, 0.5) is 0 Å². The number of nitrogens with zero attached hydrogens (tertiary/aromatic N) is 1. The van der Waals surface area contributed by atoms with E-state index in [2.05, 4.69) is 12.2 Å². The second-order valence-corrected chi connectivity index (χ2v) is 6.49. The van der Waals surface area contributed by atoms with Crippen LogP contribution in [0.2, 0.25) is 0 Å². The Morgan fingerprint density at radius 2 is 2.04 bits per heavy atom. The van der Waals surface area contributed by atoms with Gasteiger partial charge in [0.1, 0.15) is 0 Å². The molecule has 2 amide bonds. The lowest BCUT2D eigenvalue weighted by Crippen LogP contribution is -2.40. The lowest BCUT2D eigenvalue weighted by atomic mass is 9.85. The van der Waals surface area contributed by atoms with E-state index in [1.165, 1.54) is 0 Å². The molecule has 2 rings (SSSR count). The standard InChI is InChI=1S/C18H27N3O2.ClH/c1-14(16-8-5-9-20-11-16)10-18(23)21(13-17(19)22)12-15-6-3-2-4-7-15;/h2-4,6-7,14,16,20H,5,8-13H2,1H3,(H2,19,22);1H. The number of carbonyl (C=O) groups excluding carboxylic acids is 2. The fourth-order valence-corrected chi connectivity index (χ4v) is 3.16. The zero-order valence-electron chi connectivity index (χ0n) is 14.2. The average molecular weight is 354 g/mol. The zero-order chi connectivity index (χ0) is 16.7. The summed E-state index contributed by atoms with van der Waals surface area (Å²) < 4.78 is 0. The van der Waals surface area contributed by atoms with E-state index in [9.17, 15) is 9.59 Å². The maximum Gasteiger partial charge on any atom is 0.237 e. The summed E-state index contributed by atoms with van der Waals surface area (Å²) in [5, 5.41) is 3.39. The summed E-state index contributed by atoms with van der Waals surface area (Å²) in [5.41, 5.74) is 6.32. The van der Waals surface area contributed by atoms with Gasteiger partial charge in [0, 0.05) is 13.0 Å². The zero-order valence-corrected chi connectivity index (χ0v) is 15.1. The van der Waals surface area contributed by atoms with Gasteiger partial charge in [-0.3, -0.25) is 9.59 Å². The summed E-state index contributed by atoms with van der Waals surface area (Å²) in [7, 11) is 0. The highest BCUT2D eigenvalue weighted by Gasteiger charge is 2.25. The molecule has 0 spiro atoms. The third-order valence-corrected chi connectivity index (χ3v) is 4.55. The molecule has 0 bridgehead atoms. The molecule has 0 aliphatic carbocycles. The van der Waals surface area contributed by atoms with E-state index < -0.39 is 5.91 Å². The van der Waals surface area contributed by atoms with E-state index >= 15 is 0 Å². The van der Waals surface area contributed by atoms with Crippen molar-refractivity contribution in [2.75, 3.05) is 19.6 Å². The first-order chi connectivity index (χ1) is 11.1. The molecule has 2 atom stereocenters. The number of halogens is 1. The summed E-state index contributed by atoms with van der Waals surface area (Å²) in [6.07, 6.45) is 2.79. The summed E-state index contributed by atoms with van der Waals surface area (Å²) in [4.78, 5) is 25.5. The smallest absolute Gasteiger partial charge is 0.237 e. The van der Waals surface area contributed by atoms with Gasteiger partial charge in [-0.15, -0.1) is 12.4 Å². The molecule has 134 valence electrons. The lowest BCUT2D eigenvalue weighted by Gasteiger charge is -2.30. The van der Waals surface area contributed by atoms with Gasteiger partial charge in [0.2, 0.25) is 11.8 Å². The predicted molar refractivity (Wildman–Crippen MR) is 97.7 cm³/mol. The maximum absolute atomic E-state index is 12.6. The fourth-order valence-electron chi connectivity index (χ4n) is 3.16. The Labute approximate surface area is 150 Å². The van der Waals surface area contributed by atoms with Gasteiger partial charge < -0.3 is 16.0 Å². The number of nitrogens with one attached hydrogen (secondary N) is 1. The van der Waals surface area contributed by atoms with Crippen LogP contribution in [0.15, 0.2) is 30.3 Å². The van der Waals surface area contributed by atoms with Gasteiger partial charge in [-0.05, 0) is 43.3 Å². The molecule has 1 aliphatic rings. The molecule has 6 heteroatoms. The molecular weight excluding hydrogens is 326 g/mol. The number of rotatable bonds is 7. The van der Waals surface area contributed by atoms with Crippen molar-refractivity contribution in [1.82, 2.24) is 10.2 Å². The Balaban J connectivity index is 0.00000288. The lowest BCUT2D eigenvalue weighted by molar-refractivity contribution is -0.136. The van der Waals surface area contributed by atoms with Crippen molar-refractivity contribution in [2.24, 2.45) is 17.6 Å². The van der Waals surface area contributed by atoms with Crippen molar-refractivity contribution in [1.29, 1.82) is 0 Å². The number of piperidine rings is 1. The molecule has 3 N–H and O–H groups in total. The molecule has 1 heterocycles. The van der Waals surface area contributed by atoms with E-state index in [1.807, 2.05) is 30.3 Å². The second-order valence-electron chi connectivity index (χ2n) is 6.49. The largest absolute Gasteiger partial charge is 0.368 e. The molecular formula is C18H28ClN3O2. The molecule has 1 aromatic rings. The predicted octanol–water partition coefficient (Wildman–Crippen LogP) is 1.95. The minimum Gasteiger partial charge on any atom is -0.368 e. The minimum atomic E-state index is -0.471. The van der Waals surface area contributed by atoms with Crippen LogP contribution >= 0.6 is 12.4 Å². The van der Waals surface area contributed by atoms with Crippen molar-refractivity contribution in [2.45, 2.75) is 32.7 Å². The number of hydrogen-bond acceptors (Lipinski definition) is 3. The first kappa shape index (κ1) is 20.5. The SMILES string of the molecule is CC(CC(=O)N(CC(N)=O)Cc1ccccc1)C1CCCNC1.Cl. The molecule has 5 nitrogen and oxygen atoms in total. The van der Waals surface area contributed by atoms with E-state index in [1.54, 1.807) is 4.90 Å². The number of primary amides is 1. The minimum absolute atomic E-state index is 0. The normalized spacial score (nSPS) is 18.3. The van der Waals surface area contributed by atoms with Crippen molar-refractivity contribution in [3.8, 4) is 0 Å². The Morgan fingerprint density at radius 1 is 1.33 bits per heavy atom. The molecule has 1 saturated heterocycles.